The summed E-state index contributed by atoms with van der Waals surface area (Å²) in [5, 5.41) is 3.99. The van der Waals surface area contributed by atoms with Crippen LogP contribution in [0.25, 0.3) is 0 Å². The Labute approximate surface area is 129 Å². The number of nitrogens with zero attached hydrogens (tertiary/aromatic N) is 2. The van der Waals surface area contributed by atoms with E-state index in [-0.39, 0.29) is 17.8 Å². The number of benzene rings is 1. The molecule has 0 spiro atoms. The molecule has 2 aliphatic heterocycles. The number of carbonyl (C=O) groups excluding carboxylic acids is 1. The number of carbonyl (C=O) groups is 1. The fraction of sp³-hybridized carbons (Fsp3) is 0.529. The van der Waals surface area contributed by atoms with E-state index in [0.29, 0.717) is 17.7 Å². The van der Waals surface area contributed by atoms with Crippen LogP contribution in [0.15, 0.2) is 29.4 Å². The zero-order valence-corrected chi connectivity index (χ0v) is 13.0. The molecule has 0 saturated carbocycles. The van der Waals surface area contributed by atoms with Crippen molar-refractivity contribution in [3.05, 3.63) is 35.6 Å². The maximum atomic E-state index is 13.9. The lowest BCUT2D eigenvalue weighted by atomic mass is 9.92. The van der Waals surface area contributed by atoms with E-state index in [9.17, 15) is 9.18 Å². The Bertz CT molecular complexity index is 616. The number of likely N-dealkylation sites (tertiary alicyclic amines) is 1. The molecule has 2 aliphatic rings. The first-order valence-corrected chi connectivity index (χ1v) is 7.82. The van der Waals surface area contributed by atoms with Crippen molar-refractivity contribution in [2.75, 3.05) is 6.54 Å². The van der Waals surface area contributed by atoms with Gasteiger partial charge in [0, 0.05) is 24.6 Å². The maximum absolute atomic E-state index is 13.9. The Kier molecular flexibility index (Phi) is 3.89. The van der Waals surface area contributed by atoms with Crippen LogP contribution in [-0.4, -0.2) is 34.7 Å². The first-order chi connectivity index (χ1) is 10.5. The molecule has 0 aliphatic carbocycles. The minimum atomic E-state index is -1.02. The molecular formula is C17H21FN2O2. The molecule has 1 amide bonds. The van der Waals surface area contributed by atoms with Crippen molar-refractivity contribution in [1.29, 1.82) is 0 Å². The van der Waals surface area contributed by atoms with Gasteiger partial charge in [0.25, 0.3) is 5.91 Å². The lowest BCUT2D eigenvalue weighted by Crippen LogP contribution is -2.52. The number of hydrogen-bond acceptors (Lipinski definition) is 3. The number of rotatable bonds is 2. The minimum Gasteiger partial charge on any atom is -0.379 e. The third-order valence-corrected chi connectivity index (χ3v) is 4.56. The van der Waals surface area contributed by atoms with Crippen LogP contribution in [0.1, 0.15) is 45.1 Å². The predicted molar refractivity (Wildman–Crippen MR) is 82.1 cm³/mol. The predicted octanol–water partition coefficient (Wildman–Crippen LogP) is 3.11. The second-order valence-electron chi connectivity index (χ2n) is 6.36. The third-order valence-electron chi connectivity index (χ3n) is 4.56. The number of hydrogen-bond donors (Lipinski definition) is 0. The fourth-order valence-electron chi connectivity index (χ4n) is 3.20. The zero-order chi connectivity index (χ0) is 15.7. The Morgan fingerprint density at radius 2 is 2.18 bits per heavy atom. The topological polar surface area (TPSA) is 41.9 Å². The first-order valence-electron chi connectivity index (χ1n) is 7.82. The van der Waals surface area contributed by atoms with Crippen molar-refractivity contribution in [2.24, 2.45) is 5.16 Å². The molecule has 1 saturated heterocycles. The van der Waals surface area contributed by atoms with Gasteiger partial charge in [-0.15, -0.1) is 0 Å². The Hall–Kier alpha value is -1.91. The van der Waals surface area contributed by atoms with Gasteiger partial charge in [-0.2, -0.15) is 0 Å². The highest BCUT2D eigenvalue weighted by atomic mass is 19.1. The molecule has 1 aromatic rings. The zero-order valence-electron chi connectivity index (χ0n) is 13.0. The van der Waals surface area contributed by atoms with Crippen LogP contribution >= 0.6 is 0 Å². The molecule has 0 aromatic heterocycles. The van der Waals surface area contributed by atoms with Crippen molar-refractivity contribution in [3.63, 3.8) is 0 Å². The molecule has 2 heterocycles. The standard InChI is InChI=1S/C17H21FN2O2/c1-12-7-5-6-10-20(12)16(21)17(2)11-15(19-22-17)13-8-3-4-9-14(13)18/h3-4,8-9,12H,5-7,10-11H2,1-2H3/t12-,17-/m1/s1. The molecule has 0 N–H and O–H groups in total. The normalized spacial score (nSPS) is 28.2. The number of halogens is 1. The quantitative estimate of drug-likeness (QED) is 0.842. The summed E-state index contributed by atoms with van der Waals surface area (Å²) in [5.74, 6) is -0.386. The number of oxime groups is 1. The van der Waals surface area contributed by atoms with E-state index in [2.05, 4.69) is 12.1 Å². The van der Waals surface area contributed by atoms with Gasteiger partial charge in [-0.1, -0.05) is 23.4 Å². The summed E-state index contributed by atoms with van der Waals surface area (Å²) in [5.41, 5.74) is -0.118. The Morgan fingerprint density at radius 1 is 1.41 bits per heavy atom. The van der Waals surface area contributed by atoms with E-state index in [1.54, 1.807) is 25.1 Å². The van der Waals surface area contributed by atoms with E-state index in [4.69, 9.17) is 4.84 Å². The molecule has 3 rings (SSSR count). The molecule has 4 nitrogen and oxygen atoms in total. The average molecular weight is 304 g/mol. The summed E-state index contributed by atoms with van der Waals surface area (Å²) in [6.45, 7) is 4.57. The highest BCUT2D eigenvalue weighted by Gasteiger charge is 2.46. The highest BCUT2D eigenvalue weighted by molar-refractivity contribution is 6.05. The van der Waals surface area contributed by atoms with Crippen LogP contribution in [0, 0.1) is 5.82 Å². The van der Waals surface area contributed by atoms with Crippen molar-refractivity contribution in [1.82, 2.24) is 4.90 Å². The SMILES string of the molecule is C[C@@H]1CCCCN1C(=O)[C@@]1(C)CC(c2ccccc2F)=NO1. The second kappa shape index (κ2) is 5.71. The monoisotopic (exact) mass is 304 g/mol. The molecule has 2 atom stereocenters. The lowest BCUT2D eigenvalue weighted by molar-refractivity contribution is -0.156. The van der Waals surface area contributed by atoms with Gasteiger partial charge in [0.05, 0.1) is 5.71 Å². The van der Waals surface area contributed by atoms with Gasteiger partial charge in [-0.3, -0.25) is 4.79 Å². The van der Waals surface area contributed by atoms with Crippen molar-refractivity contribution in [2.45, 2.75) is 51.2 Å². The second-order valence-corrected chi connectivity index (χ2v) is 6.36. The van der Waals surface area contributed by atoms with Crippen LogP contribution in [0.3, 0.4) is 0 Å². The average Bonchev–Trinajstić information content (AvgIpc) is 2.91. The van der Waals surface area contributed by atoms with Gasteiger partial charge in [-0.05, 0) is 39.2 Å². The van der Waals surface area contributed by atoms with Gasteiger partial charge >= 0.3 is 0 Å². The third kappa shape index (κ3) is 2.60. The summed E-state index contributed by atoms with van der Waals surface area (Å²) in [6.07, 6.45) is 3.49. The maximum Gasteiger partial charge on any atom is 0.269 e. The fourth-order valence-corrected chi connectivity index (χ4v) is 3.20. The summed E-state index contributed by atoms with van der Waals surface area (Å²) < 4.78 is 13.9. The van der Waals surface area contributed by atoms with Gasteiger partial charge in [0.2, 0.25) is 5.60 Å². The van der Waals surface area contributed by atoms with Gasteiger partial charge in [0.15, 0.2) is 0 Å². The molecular weight excluding hydrogens is 283 g/mol. The highest BCUT2D eigenvalue weighted by Crippen LogP contribution is 2.31. The molecule has 0 bridgehead atoms. The van der Waals surface area contributed by atoms with E-state index >= 15 is 0 Å². The van der Waals surface area contributed by atoms with E-state index in [0.717, 1.165) is 25.8 Å². The van der Waals surface area contributed by atoms with Gasteiger partial charge in [0.1, 0.15) is 5.82 Å². The van der Waals surface area contributed by atoms with E-state index in [1.165, 1.54) is 6.07 Å². The van der Waals surface area contributed by atoms with Gasteiger partial charge < -0.3 is 9.74 Å². The number of amides is 1. The molecule has 1 fully saturated rings. The van der Waals surface area contributed by atoms with E-state index in [1.807, 2.05) is 4.90 Å². The minimum absolute atomic E-state index is 0.0465. The summed E-state index contributed by atoms with van der Waals surface area (Å²) in [6, 6.07) is 6.67. The van der Waals surface area contributed by atoms with Crippen LogP contribution < -0.4 is 0 Å². The smallest absolute Gasteiger partial charge is 0.269 e. The van der Waals surface area contributed by atoms with Crippen LogP contribution in [0.5, 0.6) is 0 Å². The van der Waals surface area contributed by atoms with Crippen LogP contribution in [0.2, 0.25) is 0 Å². The summed E-state index contributed by atoms with van der Waals surface area (Å²) >= 11 is 0. The van der Waals surface area contributed by atoms with Crippen LogP contribution in [0.4, 0.5) is 4.39 Å². The van der Waals surface area contributed by atoms with Crippen LogP contribution in [-0.2, 0) is 9.63 Å². The lowest BCUT2D eigenvalue weighted by Gasteiger charge is -2.37. The van der Waals surface area contributed by atoms with Crippen molar-refractivity contribution >= 4 is 11.6 Å². The van der Waals surface area contributed by atoms with Gasteiger partial charge in [-0.25, -0.2) is 4.39 Å². The molecule has 22 heavy (non-hydrogen) atoms. The molecule has 1 aromatic carbocycles. The Morgan fingerprint density at radius 3 is 2.91 bits per heavy atom. The molecule has 118 valence electrons. The van der Waals surface area contributed by atoms with E-state index < -0.39 is 5.60 Å². The molecule has 0 radical (unpaired) electrons. The number of piperidine rings is 1. The Balaban J connectivity index is 1.77. The largest absolute Gasteiger partial charge is 0.379 e. The summed E-state index contributed by atoms with van der Waals surface area (Å²) in [4.78, 5) is 20.2. The summed E-state index contributed by atoms with van der Waals surface area (Å²) in [7, 11) is 0. The first kappa shape index (κ1) is 15.0. The van der Waals surface area contributed by atoms with Crippen molar-refractivity contribution < 1.29 is 14.0 Å². The molecule has 0 unspecified atom stereocenters. The van der Waals surface area contributed by atoms with Crippen molar-refractivity contribution in [3.8, 4) is 0 Å². The molecule has 5 heteroatoms.